The molecule has 6 heteroatoms. The van der Waals surface area contributed by atoms with Gasteiger partial charge in [-0.3, -0.25) is 19.3 Å². The predicted octanol–water partition coefficient (Wildman–Crippen LogP) is 2.05. The van der Waals surface area contributed by atoms with Gasteiger partial charge in [0, 0.05) is 18.3 Å². The Kier molecular flexibility index (Phi) is 3.55. The highest BCUT2D eigenvalue weighted by Crippen LogP contribution is 2.55. The Balaban J connectivity index is 1.40. The number of fused-ring (bicyclic) bond motifs is 5. The van der Waals surface area contributed by atoms with Gasteiger partial charge in [-0.15, -0.1) is 0 Å². The number of amides is 3. The summed E-state index contributed by atoms with van der Waals surface area (Å²) in [6.07, 6.45) is 3.24. The third kappa shape index (κ3) is 2.37. The van der Waals surface area contributed by atoms with Crippen molar-refractivity contribution in [2.24, 2.45) is 23.7 Å². The molecule has 1 aromatic rings. The molecule has 1 saturated heterocycles. The molecule has 126 valence electrons. The summed E-state index contributed by atoms with van der Waals surface area (Å²) >= 11 is 0. The quantitative estimate of drug-likeness (QED) is 0.830. The lowest BCUT2D eigenvalue weighted by Crippen LogP contribution is -2.36. The van der Waals surface area contributed by atoms with Crippen LogP contribution >= 0.6 is 0 Å². The lowest BCUT2D eigenvalue weighted by Gasteiger charge is -2.19. The molecule has 6 nitrogen and oxygen atoms in total. The first-order valence-electron chi connectivity index (χ1n) is 8.51. The van der Waals surface area contributed by atoms with Gasteiger partial charge in [-0.25, -0.2) is 0 Å². The molecule has 0 aromatic heterocycles. The van der Waals surface area contributed by atoms with E-state index in [-0.39, 0.29) is 36.2 Å². The first-order valence-corrected chi connectivity index (χ1v) is 8.51. The molecule has 2 bridgehead atoms. The number of nitrogens with zero attached hydrogens (tertiary/aromatic N) is 1. The standard InChI is InChI=1S/C18H21N3O3/c1-10(22)20-14-6-4-13(5-7-14)19-9-21-17(23)15-11-2-3-12(8-11)16(15)18(21)24/h4-7,11-12,15-16,19H,2-3,8-9H2,1H3,(H,20,22)/t11-,12-,15-,16-/m0/s1. The highest BCUT2D eigenvalue weighted by atomic mass is 16.2. The number of imide groups is 1. The number of carbonyl (C=O) groups is 3. The Labute approximate surface area is 140 Å². The number of carbonyl (C=O) groups excluding carboxylic acids is 3. The molecule has 4 rings (SSSR count). The summed E-state index contributed by atoms with van der Waals surface area (Å²) in [4.78, 5) is 37.6. The van der Waals surface area contributed by atoms with E-state index in [0.717, 1.165) is 24.9 Å². The van der Waals surface area contributed by atoms with Crippen LogP contribution in [0.4, 0.5) is 11.4 Å². The van der Waals surface area contributed by atoms with Crippen LogP contribution in [-0.2, 0) is 14.4 Å². The third-order valence-electron chi connectivity index (χ3n) is 5.67. The average Bonchev–Trinajstić information content (AvgIpc) is 3.22. The van der Waals surface area contributed by atoms with Crippen molar-refractivity contribution < 1.29 is 14.4 Å². The second kappa shape index (κ2) is 5.61. The Morgan fingerprint density at radius 3 is 2.12 bits per heavy atom. The lowest BCUT2D eigenvalue weighted by atomic mass is 9.81. The second-order valence-corrected chi connectivity index (χ2v) is 7.08. The highest BCUT2D eigenvalue weighted by Gasteiger charge is 2.60. The maximum Gasteiger partial charge on any atom is 0.234 e. The SMILES string of the molecule is CC(=O)Nc1ccc(NCN2C(=O)[C@H]3[C@H]4CC[C@@H](C4)[C@@H]3C2=O)cc1. The fraction of sp³-hybridized carbons (Fsp3) is 0.500. The van der Waals surface area contributed by atoms with Gasteiger partial charge in [-0.05, 0) is 55.4 Å². The van der Waals surface area contributed by atoms with Crippen molar-refractivity contribution >= 4 is 29.1 Å². The maximum atomic E-state index is 12.6. The van der Waals surface area contributed by atoms with E-state index in [1.807, 2.05) is 12.1 Å². The molecule has 4 atom stereocenters. The number of anilines is 2. The Morgan fingerprint density at radius 2 is 1.58 bits per heavy atom. The van der Waals surface area contributed by atoms with Crippen molar-refractivity contribution in [2.75, 3.05) is 17.3 Å². The summed E-state index contributed by atoms with van der Waals surface area (Å²) < 4.78 is 0. The summed E-state index contributed by atoms with van der Waals surface area (Å²) in [5, 5.41) is 5.84. The minimum absolute atomic E-state index is 0.000401. The molecule has 2 aliphatic carbocycles. The summed E-state index contributed by atoms with van der Waals surface area (Å²) in [6, 6.07) is 7.21. The van der Waals surface area contributed by atoms with Gasteiger partial charge in [0.1, 0.15) is 0 Å². The summed E-state index contributed by atoms with van der Waals surface area (Å²) in [7, 11) is 0. The van der Waals surface area contributed by atoms with Gasteiger partial charge in [0.25, 0.3) is 0 Å². The number of likely N-dealkylation sites (tertiary alicyclic amines) is 1. The molecule has 2 N–H and O–H groups in total. The fourth-order valence-electron chi connectivity index (χ4n) is 4.67. The molecule has 0 unspecified atom stereocenters. The molecule has 0 spiro atoms. The van der Waals surface area contributed by atoms with Crippen LogP contribution in [0.1, 0.15) is 26.2 Å². The summed E-state index contributed by atoms with van der Waals surface area (Å²) in [5.74, 6) is 0.571. The van der Waals surface area contributed by atoms with Crippen LogP contribution in [0.15, 0.2) is 24.3 Å². The van der Waals surface area contributed by atoms with E-state index in [1.54, 1.807) is 12.1 Å². The van der Waals surface area contributed by atoms with Crippen LogP contribution in [-0.4, -0.2) is 29.3 Å². The average molecular weight is 327 g/mol. The minimum Gasteiger partial charge on any atom is -0.367 e. The molecular weight excluding hydrogens is 306 g/mol. The van der Waals surface area contributed by atoms with Crippen molar-refractivity contribution in [3.8, 4) is 0 Å². The molecular formula is C18H21N3O3. The van der Waals surface area contributed by atoms with E-state index < -0.39 is 0 Å². The zero-order valence-corrected chi connectivity index (χ0v) is 13.6. The van der Waals surface area contributed by atoms with Gasteiger partial charge >= 0.3 is 0 Å². The van der Waals surface area contributed by atoms with Crippen LogP contribution in [0.3, 0.4) is 0 Å². The number of nitrogens with one attached hydrogen (secondary N) is 2. The predicted molar refractivity (Wildman–Crippen MR) is 88.9 cm³/mol. The Morgan fingerprint density at radius 1 is 1.04 bits per heavy atom. The highest BCUT2D eigenvalue weighted by molar-refractivity contribution is 6.06. The van der Waals surface area contributed by atoms with Crippen LogP contribution in [0.2, 0.25) is 0 Å². The topological polar surface area (TPSA) is 78.5 Å². The van der Waals surface area contributed by atoms with Crippen LogP contribution < -0.4 is 10.6 Å². The van der Waals surface area contributed by atoms with E-state index in [2.05, 4.69) is 10.6 Å². The molecule has 3 aliphatic rings. The number of benzene rings is 1. The molecule has 3 amide bonds. The van der Waals surface area contributed by atoms with Crippen LogP contribution in [0.25, 0.3) is 0 Å². The molecule has 1 aliphatic heterocycles. The Bertz CT molecular complexity index is 672. The van der Waals surface area contributed by atoms with E-state index in [0.29, 0.717) is 17.5 Å². The number of hydrogen-bond donors (Lipinski definition) is 2. The van der Waals surface area contributed by atoms with Gasteiger partial charge in [-0.1, -0.05) is 0 Å². The van der Waals surface area contributed by atoms with E-state index >= 15 is 0 Å². The smallest absolute Gasteiger partial charge is 0.234 e. The van der Waals surface area contributed by atoms with E-state index in [1.165, 1.54) is 11.8 Å². The maximum absolute atomic E-state index is 12.6. The van der Waals surface area contributed by atoms with Crippen LogP contribution in [0, 0.1) is 23.7 Å². The van der Waals surface area contributed by atoms with Gasteiger partial charge in [0.15, 0.2) is 0 Å². The van der Waals surface area contributed by atoms with Crippen molar-refractivity contribution in [3.05, 3.63) is 24.3 Å². The molecule has 3 fully saturated rings. The molecule has 2 saturated carbocycles. The number of rotatable bonds is 4. The Hall–Kier alpha value is -2.37. The second-order valence-electron chi connectivity index (χ2n) is 7.08. The molecule has 1 aromatic carbocycles. The molecule has 1 heterocycles. The summed E-state index contributed by atoms with van der Waals surface area (Å²) in [6.45, 7) is 1.67. The minimum atomic E-state index is -0.120. The molecule has 24 heavy (non-hydrogen) atoms. The van der Waals surface area contributed by atoms with Gasteiger partial charge in [-0.2, -0.15) is 0 Å². The first-order chi connectivity index (χ1) is 11.5. The zero-order valence-electron chi connectivity index (χ0n) is 13.6. The van der Waals surface area contributed by atoms with Crippen molar-refractivity contribution in [3.63, 3.8) is 0 Å². The summed E-state index contributed by atoms with van der Waals surface area (Å²) in [5.41, 5.74) is 1.53. The van der Waals surface area contributed by atoms with Gasteiger partial charge in [0.05, 0.1) is 18.5 Å². The zero-order chi connectivity index (χ0) is 16.8. The van der Waals surface area contributed by atoms with Crippen LogP contribution in [0.5, 0.6) is 0 Å². The monoisotopic (exact) mass is 327 g/mol. The van der Waals surface area contributed by atoms with Gasteiger partial charge < -0.3 is 10.6 Å². The normalized spacial score (nSPS) is 30.6. The van der Waals surface area contributed by atoms with E-state index in [4.69, 9.17) is 0 Å². The van der Waals surface area contributed by atoms with E-state index in [9.17, 15) is 14.4 Å². The van der Waals surface area contributed by atoms with Gasteiger partial charge in [0.2, 0.25) is 17.7 Å². The third-order valence-corrected chi connectivity index (χ3v) is 5.67. The first kappa shape index (κ1) is 15.2. The van der Waals surface area contributed by atoms with Crippen molar-refractivity contribution in [1.29, 1.82) is 0 Å². The van der Waals surface area contributed by atoms with Crippen molar-refractivity contribution in [1.82, 2.24) is 4.90 Å². The lowest BCUT2D eigenvalue weighted by molar-refractivity contribution is -0.140. The fourth-order valence-corrected chi connectivity index (χ4v) is 4.67. The molecule has 0 radical (unpaired) electrons. The van der Waals surface area contributed by atoms with Crippen molar-refractivity contribution in [2.45, 2.75) is 26.2 Å². The largest absolute Gasteiger partial charge is 0.367 e. The number of hydrogen-bond acceptors (Lipinski definition) is 4.